The van der Waals surface area contributed by atoms with E-state index in [9.17, 15) is 9.18 Å². The SMILES string of the molecule is O=C(NCC#CCOc1ccccc1F)Nc1cccc(Cl)c1. The van der Waals surface area contributed by atoms with E-state index in [0.29, 0.717) is 10.7 Å². The van der Waals surface area contributed by atoms with Gasteiger partial charge in [0, 0.05) is 10.7 Å². The van der Waals surface area contributed by atoms with Crippen LogP contribution >= 0.6 is 11.6 Å². The van der Waals surface area contributed by atoms with Gasteiger partial charge in [-0.15, -0.1) is 0 Å². The number of rotatable bonds is 4. The van der Waals surface area contributed by atoms with Gasteiger partial charge in [0.1, 0.15) is 6.61 Å². The van der Waals surface area contributed by atoms with Crippen molar-refractivity contribution in [3.05, 3.63) is 59.4 Å². The molecule has 0 spiro atoms. The number of urea groups is 1. The quantitative estimate of drug-likeness (QED) is 0.839. The lowest BCUT2D eigenvalue weighted by molar-refractivity contribution is 0.253. The summed E-state index contributed by atoms with van der Waals surface area (Å²) in [5.41, 5.74) is 0.589. The summed E-state index contributed by atoms with van der Waals surface area (Å²) in [6.45, 7) is 0.186. The number of benzene rings is 2. The Morgan fingerprint density at radius 2 is 2.00 bits per heavy atom. The molecule has 2 aromatic rings. The van der Waals surface area contributed by atoms with Crippen LogP contribution < -0.4 is 15.4 Å². The maximum absolute atomic E-state index is 13.3. The number of para-hydroxylation sites is 1. The fraction of sp³-hybridized carbons (Fsp3) is 0.118. The van der Waals surface area contributed by atoms with Gasteiger partial charge in [-0.05, 0) is 30.3 Å². The van der Waals surface area contributed by atoms with Crippen molar-refractivity contribution in [3.8, 4) is 17.6 Å². The second-order valence-electron chi connectivity index (χ2n) is 4.39. The molecule has 0 unspecified atom stereocenters. The second-order valence-corrected chi connectivity index (χ2v) is 4.83. The lowest BCUT2D eigenvalue weighted by Crippen LogP contribution is -2.28. The van der Waals surface area contributed by atoms with Gasteiger partial charge >= 0.3 is 6.03 Å². The first-order valence-corrected chi connectivity index (χ1v) is 7.16. The first-order valence-electron chi connectivity index (χ1n) is 6.78. The van der Waals surface area contributed by atoms with Crippen molar-refractivity contribution in [1.82, 2.24) is 5.32 Å². The zero-order valence-corrected chi connectivity index (χ0v) is 12.9. The molecule has 0 aliphatic carbocycles. The average molecular weight is 333 g/mol. The van der Waals surface area contributed by atoms with E-state index in [4.69, 9.17) is 16.3 Å². The third-order valence-electron chi connectivity index (χ3n) is 2.68. The molecule has 2 aromatic carbocycles. The van der Waals surface area contributed by atoms with Crippen LogP contribution in [0, 0.1) is 17.7 Å². The van der Waals surface area contributed by atoms with Crippen molar-refractivity contribution in [3.63, 3.8) is 0 Å². The number of anilines is 1. The molecule has 0 aliphatic rings. The van der Waals surface area contributed by atoms with Crippen molar-refractivity contribution >= 4 is 23.3 Å². The Hall–Kier alpha value is -2.71. The van der Waals surface area contributed by atoms with Crippen molar-refractivity contribution in [2.45, 2.75) is 0 Å². The highest BCUT2D eigenvalue weighted by Crippen LogP contribution is 2.15. The lowest BCUT2D eigenvalue weighted by atomic mass is 10.3. The van der Waals surface area contributed by atoms with Crippen LogP contribution in [0.4, 0.5) is 14.9 Å². The Bertz CT molecular complexity index is 741. The molecule has 0 atom stereocenters. The van der Waals surface area contributed by atoms with Crippen LogP contribution in [0.5, 0.6) is 5.75 Å². The smallest absolute Gasteiger partial charge is 0.319 e. The van der Waals surface area contributed by atoms with Crippen molar-refractivity contribution < 1.29 is 13.9 Å². The Morgan fingerprint density at radius 3 is 2.78 bits per heavy atom. The summed E-state index contributed by atoms with van der Waals surface area (Å²) < 4.78 is 18.4. The molecule has 2 amide bonds. The van der Waals surface area contributed by atoms with Gasteiger partial charge in [-0.1, -0.05) is 41.6 Å². The predicted molar refractivity (Wildman–Crippen MR) is 88.1 cm³/mol. The van der Waals surface area contributed by atoms with Crippen LogP contribution in [0.3, 0.4) is 0 Å². The molecule has 2 rings (SSSR count). The van der Waals surface area contributed by atoms with Gasteiger partial charge in [-0.25, -0.2) is 9.18 Å². The summed E-state index contributed by atoms with van der Waals surface area (Å²) in [7, 11) is 0. The summed E-state index contributed by atoms with van der Waals surface area (Å²) >= 11 is 5.82. The summed E-state index contributed by atoms with van der Waals surface area (Å²) in [6.07, 6.45) is 0. The van der Waals surface area contributed by atoms with E-state index >= 15 is 0 Å². The summed E-state index contributed by atoms with van der Waals surface area (Å²) in [5.74, 6) is 5.10. The molecular weight excluding hydrogens is 319 g/mol. The Labute approximate surface area is 138 Å². The van der Waals surface area contributed by atoms with E-state index in [1.165, 1.54) is 12.1 Å². The Balaban J connectivity index is 1.69. The highest BCUT2D eigenvalue weighted by Gasteiger charge is 2.00. The van der Waals surface area contributed by atoms with Gasteiger partial charge in [-0.3, -0.25) is 0 Å². The van der Waals surface area contributed by atoms with Crippen LogP contribution in [0.15, 0.2) is 48.5 Å². The van der Waals surface area contributed by atoms with Gasteiger partial charge in [0.05, 0.1) is 6.54 Å². The third-order valence-corrected chi connectivity index (χ3v) is 2.92. The van der Waals surface area contributed by atoms with E-state index in [0.717, 1.165) is 0 Å². The number of nitrogens with one attached hydrogen (secondary N) is 2. The molecule has 0 aromatic heterocycles. The largest absolute Gasteiger partial charge is 0.478 e. The highest BCUT2D eigenvalue weighted by molar-refractivity contribution is 6.30. The number of halogens is 2. The van der Waals surface area contributed by atoms with E-state index < -0.39 is 11.8 Å². The van der Waals surface area contributed by atoms with Gasteiger partial charge in [-0.2, -0.15) is 0 Å². The first kappa shape index (κ1) is 16.7. The maximum atomic E-state index is 13.3. The number of amides is 2. The van der Waals surface area contributed by atoms with E-state index in [1.807, 2.05) is 0 Å². The van der Waals surface area contributed by atoms with Crippen LogP contribution in [-0.2, 0) is 0 Å². The Kier molecular flexibility index (Phi) is 6.28. The minimum atomic E-state index is -0.437. The molecule has 23 heavy (non-hydrogen) atoms. The summed E-state index contributed by atoms with van der Waals surface area (Å²) in [4.78, 5) is 11.6. The molecule has 0 heterocycles. The number of hydrogen-bond donors (Lipinski definition) is 2. The third kappa shape index (κ3) is 5.89. The topological polar surface area (TPSA) is 50.4 Å². The molecule has 0 saturated carbocycles. The standard InChI is InChI=1S/C17H14ClFN2O2/c18-13-6-5-7-14(12-13)21-17(22)20-10-3-4-11-23-16-9-2-1-8-15(16)19/h1-2,5-9,12H,10-11H2,(H2,20,21,22). The Morgan fingerprint density at radius 1 is 1.17 bits per heavy atom. The molecule has 0 radical (unpaired) electrons. The second kappa shape index (κ2) is 8.66. The molecule has 0 saturated heterocycles. The number of carbonyl (C=O) groups excluding carboxylic acids is 1. The molecule has 2 N–H and O–H groups in total. The van der Waals surface area contributed by atoms with E-state index in [2.05, 4.69) is 22.5 Å². The van der Waals surface area contributed by atoms with E-state index in [1.54, 1.807) is 36.4 Å². The zero-order chi connectivity index (χ0) is 16.5. The monoisotopic (exact) mass is 332 g/mol. The minimum absolute atomic E-state index is 0.0402. The maximum Gasteiger partial charge on any atom is 0.319 e. The summed E-state index contributed by atoms with van der Waals surface area (Å²) in [6, 6.07) is 12.5. The fourth-order valence-corrected chi connectivity index (χ4v) is 1.85. The molecule has 0 fully saturated rings. The van der Waals surface area contributed by atoms with Crippen LogP contribution in [-0.4, -0.2) is 19.2 Å². The number of ether oxygens (including phenoxy) is 1. The van der Waals surface area contributed by atoms with Crippen molar-refractivity contribution in [2.24, 2.45) is 0 Å². The molecule has 0 aliphatic heterocycles. The average Bonchev–Trinajstić information content (AvgIpc) is 2.52. The normalized spacial score (nSPS) is 9.48. The fourth-order valence-electron chi connectivity index (χ4n) is 1.66. The van der Waals surface area contributed by atoms with Gasteiger partial charge in [0.2, 0.25) is 0 Å². The molecule has 118 valence electrons. The van der Waals surface area contributed by atoms with Gasteiger partial charge in [0.15, 0.2) is 11.6 Å². The number of carbonyl (C=O) groups is 1. The zero-order valence-electron chi connectivity index (χ0n) is 12.1. The van der Waals surface area contributed by atoms with Crippen molar-refractivity contribution in [1.29, 1.82) is 0 Å². The number of hydrogen-bond acceptors (Lipinski definition) is 2. The summed E-state index contributed by atoms with van der Waals surface area (Å²) in [5, 5.41) is 5.72. The van der Waals surface area contributed by atoms with Gasteiger partial charge < -0.3 is 15.4 Å². The van der Waals surface area contributed by atoms with Gasteiger partial charge in [0.25, 0.3) is 0 Å². The molecular formula is C17H14ClFN2O2. The molecule has 6 heteroatoms. The van der Waals surface area contributed by atoms with Crippen LogP contribution in [0.2, 0.25) is 5.02 Å². The molecule has 0 bridgehead atoms. The first-order chi connectivity index (χ1) is 11.1. The highest BCUT2D eigenvalue weighted by atomic mass is 35.5. The van der Waals surface area contributed by atoms with Crippen LogP contribution in [0.25, 0.3) is 0 Å². The minimum Gasteiger partial charge on any atom is -0.478 e. The lowest BCUT2D eigenvalue weighted by Gasteiger charge is -2.05. The van der Waals surface area contributed by atoms with Crippen molar-refractivity contribution in [2.75, 3.05) is 18.5 Å². The molecule has 4 nitrogen and oxygen atoms in total. The van der Waals surface area contributed by atoms with Crippen LogP contribution in [0.1, 0.15) is 0 Å². The predicted octanol–water partition coefficient (Wildman–Crippen LogP) is 3.68. The van der Waals surface area contributed by atoms with E-state index in [-0.39, 0.29) is 18.9 Å².